The Labute approximate surface area is 125 Å². The van der Waals surface area contributed by atoms with E-state index in [4.69, 9.17) is 0 Å². The second kappa shape index (κ2) is 6.41. The number of hydrogen-bond acceptors (Lipinski definition) is 4. The Balaban J connectivity index is 1.94. The highest BCUT2D eigenvalue weighted by atomic mass is 32.2. The molecule has 0 aliphatic rings. The summed E-state index contributed by atoms with van der Waals surface area (Å²) in [6.45, 7) is 4.43. The average Bonchev–Trinajstić information content (AvgIpc) is 2.82. The first-order valence-corrected chi connectivity index (χ1v) is 8.52. The van der Waals surface area contributed by atoms with Crippen LogP contribution >= 0.6 is 0 Å². The molecule has 21 heavy (non-hydrogen) atoms. The van der Waals surface area contributed by atoms with Gasteiger partial charge in [0.25, 0.3) is 0 Å². The van der Waals surface area contributed by atoms with Crippen molar-refractivity contribution in [3.8, 4) is 0 Å². The van der Waals surface area contributed by atoms with Gasteiger partial charge in [-0.05, 0) is 26.0 Å². The van der Waals surface area contributed by atoms with E-state index < -0.39 is 9.84 Å². The summed E-state index contributed by atoms with van der Waals surface area (Å²) in [5, 5.41) is 7.30. The van der Waals surface area contributed by atoms with E-state index in [1.54, 1.807) is 23.0 Å². The summed E-state index contributed by atoms with van der Waals surface area (Å²) in [6.07, 6.45) is 3.68. The smallest absolute Gasteiger partial charge is 0.179 e. The molecular formula is C15H21N3O2S. The SMILES string of the molecule is Cc1ccc(S(=O)(=O)C[C@@H](C)NCc2cnn(C)c2)cc1. The Bertz CT molecular complexity index is 690. The molecule has 5 nitrogen and oxygen atoms in total. The van der Waals surface area contributed by atoms with Crippen LogP contribution in [-0.2, 0) is 23.4 Å². The van der Waals surface area contributed by atoms with E-state index >= 15 is 0 Å². The largest absolute Gasteiger partial charge is 0.309 e. The molecule has 0 unspecified atom stereocenters. The minimum atomic E-state index is -3.26. The molecule has 1 aromatic carbocycles. The maximum absolute atomic E-state index is 12.3. The van der Waals surface area contributed by atoms with Crippen LogP contribution in [-0.4, -0.2) is 30.0 Å². The normalized spacial score (nSPS) is 13.3. The number of benzene rings is 1. The lowest BCUT2D eigenvalue weighted by Crippen LogP contribution is -2.32. The van der Waals surface area contributed by atoms with Gasteiger partial charge < -0.3 is 5.32 Å². The molecule has 0 spiro atoms. The molecule has 0 aliphatic carbocycles. The Morgan fingerprint density at radius 1 is 1.29 bits per heavy atom. The average molecular weight is 307 g/mol. The minimum absolute atomic E-state index is 0.0797. The van der Waals surface area contributed by atoms with E-state index in [0.717, 1.165) is 11.1 Å². The topological polar surface area (TPSA) is 64.0 Å². The Morgan fingerprint density at radius 3 is 2.52 bits per heavy atom. The Hall–Kier alpha value is -1.66. The predicted molar refractivity (Wildman–Crippen MR) is 82.7 cm³/mol. The zero-order valence-corrected chi connectivity index (χ0v) is 13.4. The third-order valence-corrected chi connectivity index (χ3v) is 5.19. The highest BCUT2D eigenvalue weighted by Crippen LogP contribution is 2.13. The molecule has 0 fully saturated rings. The van der Waals surface area contributed by atoms with Crippen LogP contribution in [0.1, 0.15) is 18.1 Å². The molecule has 0 saturated heterocycles. The summed E-state index contributed by atoms with van der Waals surface area (Å²) in [5.41, 5.74) is 2.09. The summed E-state index contributed by atoms with van der Waals surface area (Å²) in [4.78, 5) is 0.378. The molecule has 1 heterocycles. The molecule has 0 aliphatic heterocycles. The van der Waals surface area contributed by atoms with Crippen molar-refractivity contribution < 1.29 is 8.42 Å². The molecule has 0 amide bonds. The van der Waals surface area contributed by atoms with Crippen molar-refractivity contribution in [3.63, 3.8) is 0 Å². The molecule has 0 radical (unpaired) electrons. The first kappa shape index (κ1) is 15.7. The minimum Gasteiger partial charge on any atom is -0.309 e. The van der Waals surface area contributed by atoms with Gasteiger partial charge in [-0.2, -0.15) is 5.10 Å². The molecule has 114 valence electrons. The van der Waals surface area contributed by atoms with Crippen molar-refractivity contribution >= 4 is 9.84 Å². The third-order valence-electron chi connectivity index (χ3n) is 3.26. The van der Waals surface area contributed by atoms with Crippen LogP contribution in [0.15, 0.2) is 41.6 Å². The van der Waals surface area contributed by atoms with Gasteiger partial charge in [-0.1, -0.05) is 17.7 Å². The van der Waals surface area contributed by atoms with Crippen LogP contribution in [0.4, 0.5) is 0 Å². The van der Waals surface area contributed by atoms with Crippen LogP contribution < -0.4 is 5.32 Å². The summed E-state index contributed by atoms with van der Waals surface area (Å²) >= 11 is 0. The van der Waals surface area contributed by atoms with Gasteiger partial charge in [0.1, 0.15) is 0 Å². The van der Waals surface area contributed by atoms with Crippen LogP contribution in [0.5, 0.6) is 0 Å². The van der Waals surface area contributed by atoms with E-state index in [9.17, 15) is 8.42 Å². The van der Waals surface area contributed by atoms with Crippen molar-refractivity contribution in [2.75, 3.05) is 5.75 Å². The van der Waals surface area contributed by atoms with Gasteiger partial charge in [-0.25, -0.2) is 8.42 Å². The summed E-state index contributed by atoms with van der Waals surface area (Å²) in [6, 6.07) is 6.84. The van der Waals surface area contributed by atoms with Crippen LogP contribution in [0.3, 0.4) is 0 Å². The molecule has 0 saturated carbocycles. The first-order valence-electron chi connectivity index (χ1n) is 6.87. The van der Waals surface area contributed by atoms with Crippen molar-refractivity contribution in [1.82, 2.24) is 15.1 Å². The number of aryl methyl sites for hydroxylation is 2. The van der Waals surface area contributed by atoms with Crippen LogP contribution in [0, 0.1) is 6.92 Å². The lowest BCUT2D eigenvalue weighted by atomic mass is 10.2. The van der Waals surface area contributed by atoms with E-state index in [-0.39, 0.29) is 11.8 Å². The fourth-order valence-corrected chi connectivity index (χ4v) is 3.60. The Morgan fingerprint density at radius 2 is 1.95 bits per heavy atom. The zero-order chi connectivity index (χ0) is 15.5. The summed E-state index contributed by atoms with van der Waals surface area (Å²) in [5.74, 6) is 0.0797. The van der Waals surface area contributed by atoms with Crippen molar-refractivity contribution in [2.24, 2.45) is 7.05 Å². The first-order chi connectivity index (χ1) is 9.87. The van der Waals surface area contributed by atoms with Gasteiger partial charge in [-0.15, -0.1) is 0 Å². The molecule has 0 bridgehead atoms. The summed E-state index contributed by atoms with van der Waals surface area (Å²) < 4.78 is 26.4. The lowest BCUT2D eigenvalue weighted by Gasteiger charge is -2.13. The maximum atomic E-state index is 12.3. The number of hydrogen-bond donors (Lipinski definition) is 1. The highest BCUT2D eigenvalue weighted by molar-refractivity contribution is 7.91. The van der Waals surface area contributed by atoms with Crippen molar-refractivity contribution in [3.05, 3.63) is 47.8 Å². The number of rotatable bonds is 6. The highest BCUT2D eigenvalue weighted by Gasteiger charge is 2.18. The monoisotopic (exact) mass is 307 g/mol. The number of aromatic nitrogens is 2. The van der Waals surface area contributed by atoms with Crippen molar-refractivity contribution in [1.29, 1.82) is 0 Å². The van der Waals surface area contributed by atoms with E-state index in [0.29, 0.717) is 11.4 Å². The van der Waals surface area contributed by atoms with Gasteiger partial charge in [0.05, 0.1) is 16.8 Å². The van der Waals surface area contributed by atoms with Gasteiger partial charge in [0, 0.05) is 31.4 Å². The number of nitrogens with one attached hydrogen (secondary N) is 1. The van der Waals surface area contributed by atoms with Crippen molar-refractivity contribution in [2.45, 2.75) is 31.3 Å². The molecule has 2 rings (SSSR count). The van der Waals surface area contributed by atoms with E-state index in [1.807, 2.05) is 39.2 Å². The van der Waals surface area contributed by atoms with Crippen LogP contribution in [0.2, 0.25) is 0 Å². The van der Waals surface area contributed by atoms with E-state index in [1.165, 1.54) is 0 Å². The van der Waals surface area contributed by atoms with Gasteiger partial charge in [0.2, 0.25) is 0 Å². The number of sulfone groups is 1. The molecule has 1 N–H and O–H groups in total. The maximum Gasteiger partial charge on any atom is 0.179 e. The van der Waals surface area contributed by atoms with Crippen LogP contribution in [0.25, 0.3) is 0 Å². The fourth-order valence-electron chi connectivity index (χ4n) is 2.09. The standard InChI is InChI=1S/C15H21N3O2S/c1-12-4-6-15(7-5-12)21(19,20)11-13(2)16-8-14-9-17-18(3)10-14/h4-7,9-10,13,16H,8,11H2,1-3H3/t13-/m1/s1. The summed E-state index contributed by atoms with van der Waals surface area (Å²) in [7, 11) is -1.40. The quantitative estimate of drug-likeness (QED) is 0.882. The Kier molecular flexibility index (Phi) is 4.80. The van der Waals surface area contributed by atoms with Gasteiger partial charge >= 0.3 is 0 Å². The second-order valence-corrected chi connectivity index (χ2v) is 7.43. The van der Waals surface area contributed by atoms with Gasteiger partial charge in [0.15, 0.2) is 9.84 Å². The molecular weight excluding hydrogens is 286 g/mol. The number of nitrogens with zero attached hydrogens (tertiary/aromatic N) is 2. The second-order valence-electron chi connectivity index (χ2n) is 5.40. The van der Waals surface area contributed by atoms with E-state index in [2.05, 4.69) is 10.4 Å². The molecule has 2 aromatic rings. The lowest BCUT2D eigenvalue weighted by molar-refractivity contribution is 0.556. The molecule has 6 heteroatoms. The molecule has 1 aromatic heterocycles. The fraction of sp³-hybridized carbons (Fsp3) is 0.400. The molecule has 1 atom stereocenters. The zero-order valence-electron chi connectivity index (χ0n) is 12.6. The van der Waals surface area contributed by atoms with Gasteiger partial charge in [-0.3, -0.25) is 4.68 Å². The third kappa shape index (κ3) is 4.41. The predicted octanol–water partition coefficient (Wildman–Crippen LogP) is 1.68.